The molecule has 20 heavy (non-hydrogen) atoms. The van der Waals surface area contributed by atoms with E-state index in [0.29, 0.717) is 19.0 Å². The number of aryl methyl sites for hydroxylation is 1. The summed E-state index contributed by atoms with van der Waals surface area (Å²) >= 11 is 0. The van der Waals surface area contributed by atoms with Crippen LogP contribution in [0.1, 0.15) is 32.1 Å². The largest absolute Gasteiger partial charge is 0.393 e. The van der Waals surface area contributed by atoms with Crippen molar-refractivity contribution in [3.05, 3.63) is 18.5 Å². The van der Waals surface area contributed by atoms with E-state index < -0.39 is 0 Å². The minimum absolute atomic E-state index is 0.120. The van der Waals surface area contributed by atoms with Gasteiger partial charge in [0.1, 0.15) is 0 Å². The maximum atomic E-state index is 11.6. The second-order valence-corrected chi connectivity index (χ2v) is 5.45. The highest BCUT2D eigenvalue weighted by atomic mass is 16.3. The Kier molecular flexibility index (Phi) is 5.86. The number of hydrogen-bond acceptors (Lipinski definition) is 3. The lowest BCUT2D eigenvalue weighted by Crippen LogP contribution is -2.40. The Morgan fingerprint density at radius 2 is 2.30 bits per heavy atom. The molecule has 1 aromatic heterocycles. The average Bonchev–Trinajstić information content (AvgIpc) is 2.95. The Morgan fingerprint density at radius 1 is 1.40 bits per heavy atom. The molecule has 2 atom stereocenters. The number of carbonyl (C=O) groups is 1. The van der Waals surface area contributed by atoms with Crippen LogP contribution < -0.4 is 10.6 Å². The first kappa shape index (κ1) is 14.8. The third kappa shape index (κ3) is 5.21. The van der Waals surface area contributed by atoms with Crippen LogP contribution in [0.3, 0.4) is 0 Å². The van der Waals surface area contributed by atoms with Crippen molar-refractivity contribution in [2.24, 2.45) is 5.92 Å². The highest BCUT2D eigenvalue weighted by Crippen LogP contribution is 2.23. The molecule has 0 aliphatic heterocycles. The van der Waals surface area contributed by atoms with Crippen LogP contribution in [0.4, 0.5) is 4.79 Å². The van der Waals surface area contributed by atoms with E-state index in [4.69, 9.17) is 0 Å². The molecule has 3 N–H and O–H groups in total. The number of aromatic nitrogens is 2. The van der Waals surface area contributed by atoms with Gasteiger partial charge in [0.25, 0.3) is 0 Å². The summed E-state index contributed by atoms with van der Waals surface area (Å²) in [4.78, 5) is 11.6. The van der Waals surface area contributed by atoms with Crippen LogP contribution in [0, 0.1) is 5.92 Å². The molecule has 0 spiro atoms. The molecule has 1 aromatic rings. The third-order valence-corrected chi connectivity index (χ3v) is 3.72. The fraction of sp³-hybridized carbons (Fsp3) is 0.714. The average molecular weight is 280 g/mol. The van der Waals surface area contributed by atoms with Crippen molar-refractivity contribution < 1.29 is 9.90 Å². The molecule has 1 aliphatic rings. The number of hydrogen-bond donors (Lipinski definition) is 3. The fourth-order valence-corrected chi connectivity index (χ4v) is 2.62. The fourth-order valence-electron chi connectivity index (χ4n) is 2.62. The topological polar surface area (TPSA) is 79.2 Å². The Morgan fingerprint density at radius 3 is 3.05 bits per heavy atom. The summed E-state index contributed by atoms with van der Waals surface area (Å²) in [5.74, 6) is 0.411. The van der Waals surface area contributed by atoms with Crippen LogP contribution in [0.2, 0.25) is 0 Å². The molecule has 112 valence electrons. The Labute approximate surface area is 119 Å². The highest BCUT2D eigenvalue weighted by Gasteiger charge is 2.20. The number of amides is 2. The van der Waals surface area contributed by atoms with Gasteiger partial charge >= 0.3 is 6.03 Å². The van der Waals surface area contributed by atoms with E-state index in [2.05, 4.69) is 15.7 Å². The van der Waals surface area contributed by atoms with E-state index in [1.165, 1.54) is 0 Å². The van der Waals surface area contributed by atoms with Gasteiger partial charge < -0.3 is 15.7 Å². The van der Waals surface area contributed by atoms with E-state index in [1.54, 1.807) is 6.20 Å². The maximum Gasteiger partial charge on any atom is 0.314 e. The van der Waals surface area contributed by atoms with Gasteiger partial charge in [-0.1, -0.05) is 6.42 Å². The minimum atomic E-state index is -0.187. The molecule has 1 heterocycles. The van der Waals surface area contributed by atoms with Gasteiger partial charge in [0.2, 0.25) is 0 Å². The molecule has 0 bridgehead atoms. The zero-order valence-corrected chi connectivity index (χ0v) is 11.8. The first-order valence-corrected chi connectivity index (χ1v) is 7.41. The lowest BCUT2D eigenvalue weighted by Gasteiger charge is -2.25. The molecular weight excluding hydrogens is 256 g/mol. The molecule has 2 rings (SSSR count). The molecule has 2 unspecified atom stereocenters. The standard InChI is InChI=1S/C14H24N4O2/c19-13-5-1-4-12(10-13)11-16-14(20)15-6-2-8-18-9-3-7-17-18/h3,7,9,12-13,19H,1-2,4-6,8,10-11H2,(H2,15,16,20). The third-order valence-electron chi connectivity index (χ3n) is 3.72. The summed E-state index contributed by atoms with van der Waals surface area (Å²) in [5.41, 5.74) is 0. The molecule has 2 amide bonds. The van der Waals surface area contributed by atoms with Crippen molar-refractivity contribution >= 4 is 6.03 Å². The summed E-state index contributed by atoms with van der Waals surface area (Å²) in [6, 6.07) is 1.77. The lowest BCUT2D eigenvalue weighted by atomic mass is 9.87. The van der Waals surface area contributed by atoms with Crippen molar-refractivity contribution in [2.45, 2.75) is 44.8 Å². The van der Waals surface area contributed by atoms with Gasteiger partial charge in [0.15, 0.2) is 0 Å². The second-order valence-electron chi connectivity index (χ2n) is 5.45. The summed E-state index contributed by atoms with van der Waals surface area (Å²) in [6.07, 6.45) is 8.18. The van der Waals surface area contributed by atoms with E-state index in [-0.39, 0.29) is 12.1 Å². The molecule has 1 fully saturated rings. The number of urea groups is 1. The van der Waals surface area contributed by atoms with E-state index >= 15 is 0 Å². The molecule has 6 nitrogen and oxygen atoms in total. The molecule has 6 heteroatoms. The molecule has 1 saturated carbocycles. The predicted molar refractivity (Wildman–Crippen MR) is 76.2 cm³/mol. The summed E-state index contributed by atoms with van der Waals surface area (Å²) in [7, 11) is 0. The number of nitrogens with zero attached hydrogens (tertiary/aromatic N) is 2. The molecule has 1 aliphatic carbocycles. The molecular formula is C14H24N4O2. The number of carbonyl (C=O) groups excluding carboxylic acids is 1. The molecule has 0 radical (unpaired) electrons. The van der Waals surface area contributed by atoms with Crippen molar-refractivity contribution in [3.8, 4) is 0 Å². The lowest BCUT2D eigenvalue weighted by molar-refractivity contribution is 0.101. The minimum Gasteiger partial charge on any atom is -0.393 e. The van der Waals surface area contributed by atoms with Gasteiger partial charge in [-0.25, -0.2) is 4.79 Å². The SMILES string of the molecule is O=C(NCCCn1cccn1)NCC1CCCC(O)C1. The van der Waals surface area contributed by atoms with Gasteiger partial charge in [0.05, 0.1) is 6.10 Å². The smallest absolute Gasteiger partial charge is 0.314 e. The van der Waals surface area contributed by atoms with Crippen LogP contribution in [0.5, 0.6) is 0 Å². The summed E-state index contributed by atoms with van der Waals surface area (Å²) < 4.78 is 1.85. The zero-order valence-electron chi connectivity index (χ0n) is 11.8. The molecule has 0 saturated heterocycles. The van der Waals surface area contributed by atoms with Crippen molar-refractivity contribution in [2.75, 3.05) is 13.1 Å². The highest BCUT2D eigenvalue weighted by molar-refractivity contribution is 5.73. The van der Waals surface area contributed by atoms with Crippen LogP contribution in [-0.4, -0.2) is 40.1 Å². The van der Waals surface area contributed by atoms with Gasteiger partial charge in [-0.3, -0.25) is 4.68 Å². The second kappa shape index (κ2) is 7.89. The van der Waals surface area contributed by atoms with Crippen LogP contribution in [-0.2, 0) is 6.54 Å². The predicted octanol–water partition coefficient (Wildman–Crippen LogP) is 1.12. The van der Waals surface area contributed by atoms with E-state index in [1.807, 2.05) is 16.9 Å². The van der Waals surface area contributed by atoms with Gasteiger partial charge in [-0.05, 0) is 37.7 Å². The van der Waals surface area contributed by atoms with Crippen molar-refractivity contribution in [3.63, 3.8) is 0 Å². The Balaban J connectivity index is 1.51. The van der Waals surface area contributed by atoms with Crippen LogP contribution in [0.25, 0.3) is 0 Å². The normalized spacial score (nSPS) is 22.4. The van der Waals surface area contributed by atoms with Crippen molar-refractivity contribution in [1.82, 2.24) is 20.4 Å². The number of rotatable bonds is 6. The number of nitrogens with one attached hydrogen (secondary N) is 2. The van der Waals surface area contributed by atoms with Crippen molar-refractivity contribution in [1.29, 1.82) is 0 Å². The van der Waals surface area contributed by atoms with Gasteiger partial charge in [-0.2, -0.15) is 5.10 Å². The maximum absolute atomic E-state index is 11.6. The number of aliphatic hydroxyl groups excluding tert-OH is 1. The molecule has 0 aromatic carbocycles. The summed E-state index contributed by atoms with van der Waals surface area (Å²) in [5, 5.41) is 19.4. The zero-order chi connectivity index (χ0) is 14.2. The Bertz CT molecular complexity index is 394. The quantitative estimate of drug-likeness (QED) is 0.683. The van der Waals surface area contributed by atoms with Crippen LogP contribution in [0.15, 0.2) is 18.5 Å². The first-order valence-electron chi connectivity index (χ1n) is 7.41. The summed E-state index contributed by atoms with van der Waals surface area (Å²) in [6.45, 7) is 2.10. The Hall–Kier alpha value is -1.56. The first-order chi connectivity index (χ1) is 9.74. The van der Waals surface area contributed by atoms with Gasteiger partial charge in [-0.15, -0.1) is 0 Å². The van der Waals surface area contributed by atoms with Crippen LogP contribution >= 0.6 is 0 Å². The monoisotopic (exact) mass is 280 g/mol. The number of aliphatic hydroxyl groups is 1. The van der Waals surface area contributed by atoms with E-state index in [0.717, 1.165) is 38.6 Å². The van der Waals surface area contributed by atoms with E-state index in [9.17, 15) is 9.90 Å². The van der Waals surface area contributed by atoms with Gasteiger partial charge in [0, 0.05) is 32.0 Å².